The lowest BCUT2D eigenvalue weighted by molar-refractivity contribution is -0.130. The van der Waals surface area contributed by atoms with Crippen LogP contribution in [0, 0.1) is 0 Å². The van der Waals surface area contributed by atoms with E-state index in [1.165, 1.54) is 18.2 Å². The molecule has 0 saturated carbocycles. The summed E-state index contributed by atoms with van der Waals surface area (Å²) in [7, 11) is 0. The van der Waals surface area contributed by atoms with Crippen LogP contribution in [0.4, 0.5) is 4.79 Å². The first kappa shape index (κ1) is 15.8. The highest BCUT2D eigenvalue weighted by atomic mass is 35.5. The molecule has 1 heterocycles. The van der Waals surface area contributed by atoms with E-state index in [0.717, 1.165) is 4.90 Å². The molecule has 1 N–H and O–H groups in total. The molecule has 0 radical (unpaired) electrons. The van der Waals surface area contributed by atoms with Gasteiger partial charge in [0, 0.05) is 10.6 Å². The molecule has 1 atom stereocenters. The summed E-state index contributed by atoms with van der Waals surface area (Å²) in [5, 5.41) is 3.19. The standard InChI is InChI=1S/C14H14Cl2N2O3/c1-3-14(2)12(20)18(13(21)17-14)7-11(19)9-5-4-8(15)6-10(9)16/h4-6H,3,7H2,1-2H3,(H,17,21). The molecule has 0 aliphatic carbocycles. The third-order valence-electron chi connectivity index (χ3n) is 3.59. The van der Waals surface area contributed by atoms with Gasteiger partial charge in [-0.05, 0) is 31.5 Å². The van der Waals surface area contributed by atoms with Crippen molar-refractivity contribution in [1.29, 1.82) is 0 Å². The Balaban J connectivity index is 2.20. The maximum absolute atomic E-state index is 12.2. The highest BCUT2D eigenvalue weighted by Gasteiger charge is 2.47. The van der Waals surface area contributed by atoms with Gasteiger partial charge in [0.15, 0.2) is 5.78 Å². The number of hydrogen-bond donors (Lipinski definition) is 1. The molecule has 1 fully saturated rings. The van der Waals surface area contributed by atoms with Crippen LogP contribution in [0.3, 0.4) is 0 Å². The van der Waals surface area contributed by atoms with Gasteiger partial charge >= 0.3 is 6.03 Å². The van der Waals surface area contributed by atoms with Crippen molar-refractivity contribution in [2.75, 3.05) is 6.54 Å². The first-order valence-corrected chi connectivity index (χ1v) is 7.16. The van der Waals surface area contributed by atoms with Crippen LogP contribution in [-0.2, 0) is 4.79 Å². The summed E-state index contributed by atoms with van der Waals surface area (Å²) < 4.78 is 0. The first-order chi connectivity index (χ1) is 9.78. The van der Waals surface area contributed by atoms with Gasteiger partial charge in [0.25, 0.3) is 5.91 Å². The Morgan fingerprint density at radius 1 is 1.33 bits per heavy atom. The topological polar surface area (TPSA) is 66.5 Å². The number of rotatable bonds is 4. The zero-order valence-corrected chi connectivity index (χ0v) is 13.1. The molecule has 5 nitrogen and oxygen atoms in total. The van der Waals surface area contributed by atoms with E-state index < -0.39 is 23.3 Å². The number of carbonyl (C=O) groups excluding carboxylic acids is 3. The Morgan fingerprint density at radius 2 is 2.00 bits per heavy atom. The molecule has 1 unspecified atom stereocenters. The SMILES string of the molecule is CCC1(C)NC(=O)N(CC(=O)c2ccc(Cl)cc2Cl)C1=O. The molecule has 1 aromatic carbocycles. The molecule has 0 spiro atoms. The zero-order valence-electron chi connectivity index (χ0n) is 11.6. The second kappa shape index (κ2) is 5.66. The van der Waals surface area contributed by atoms with Crippen molar-refractivity contribution >= 4 is 40.9 Å². The molecule has 1 aliphatic rings. The number of benzene rings is 1. The maximum Gasteiger partial charge on any atom is 0.325 e. The average molecular weight is 329 g/mol. The van der Waals surface area contributed by atoms with Crippen molar-refractivity contribution in [1.82, 2.24) is 10.2 Å². The van der Waals surface area contributed by atoms with Crippen molar-refractivity contribution in [3.8, 4) is 0 Å². The van der Waals surface area contributed by atoms with Crippen LogP contribution in [0.1, 0.15) is 30.6 Å². The van der Waals surface area contributed by atoms with Gasteiger partial charge in [0.2, 0.25) is 0 Å². The molecule has 0 aromatic heterocycles. The minimum Gasteiger partial charge on any atom is -0.323 e. The molecule has 21 heavy (non-hydrogen) atoms. The predicted octanol–water partition coefficient (Wildman–Crippen LogP) is 2.90. The Hall–Kier alpha value is -1.59. The lowest BCUT2D eigenvalue weighted by Gasteiger charge is -2.19. The molecule has 1 aromatic rings. The monoisotopic (exact) mass is 328 g/mol. The summed E-state index contributed by atoms with van der Waals surface area (Å²) in [6, 6.07) is 3.88. The van der Waals surface area contributed by atoms with Crippen molar-refractivity contribution in [3.05, 3.63) is 33.8 Å². The largest absolute Gasteiger partial charge is 0.325 e. The third-order valence-corrected chi connectivity index (χ3v) is 4.13. The summed E-state index contributed by atoms with van der Waals surface area (Å²) in [6.45, 7) is 3.08. The second-order valence-electron chi connectivity index (χ2n) is 5.05. The first-order valence-electron chi connectivity index (χ1n) is 6.41. The number of nitrogens with one attached hydrogen (secondary N) is 1. The van der Waals surface area contributed by atoms with Crippen LogP contribution in [0.2, 0.25) is 10.0 Å². The smallest absolute Gasteiger partial charge is 0.323 e. The highest BCUT2D eigenvalue weighted by Crippen LogP contribution is 2.24. The predicted molar refractivity (Wildman–Crippen MR) is 79.7 cm³/mol. The number of hydrogen-bond acceptors (Lipinski definition) is 3. The van der Waals surface area contributed by atoms with E-state index in [9.17, 15) is 14.4 Å². The van der Waals surface area contributed by atoms with Crippen LogP contribution >= 0.6 is 23.2 Å². The van der Waals surface area contributed by atoms with Gasteiger partial charge < -0.3 is 5.32 Å². The minimum atomic E-state index is -0.957. The van der Waals surface area contributed by atoms with Gasteiger partial charge in [-0.1, -0.05) is 30.1 Å². The van der Waals surface area contributed by atoms with Crippen LogP contribution in [0.25, 0.3) is 0 Å². The lowest BCUT2D eigenvalue weighted by Crippen LogP contribution is -2.43. The van der Waals surface area contributed by atoms with E-state index in [2.05, 4.69) is 5.32 Å². The zero-order chi connectivity index (χ0) is 15.8. The summed E-state index contributed by atoms with van der Waals surface area (Å²) in [6.07, 6.45) is 0.448. The summed E-state index contributed by atoms with van der Waals surface area (Å²) in [5.74, 6) is -0.825. The number of ketones is 1. The fourth-order valence-electron chi connectivity index (χ4n) is 2.07. The molecule has 2 rings (SSSR count). The third kappa shape index (κ3) is 2.89. The Bertz CT molecular complexity index is 633. The van der Waals surface area contributed by atoms with Gasteiger partial charge in [-0.15, -0.1) is 0 Å². The summed E-state index contributed by atoms with van der Waals surface area (Å²) >= 11 is 11.7. The van der Waals surface area contributed by atoms with E-state index in [0.29, 0.717) is 11.4 Å². The normalized spacial score (nSPS) is 21.6. The highest BCUT2D eigenvalue weighted by molar-refractivity contribution is 6.37. The number of Topliss-reactive ketones (excluding diaryl/α,β-unsaturated/α-hetero) is 1. The van der Waals surface area contributed by atoms with Crippen molar-refractivity contribution in [3.63, 3.8) is 0 Å². The van der Waals surface area contributed by atoms with Crippen LogP contribution in [0.5, 0.6) is 0 Å². The van der Waals surface area contributed by atoms with Crippen LogP contribution in [-0.4, -0.2) is 34.7 Å². The van der Waals surface area contributed by atoms with E-state index in [4.69, 9.17) is 23.2 Å². The number of urea groups is 1. The number of carbonyl (C=O) groups is 3. The summed E-state index contributed by atoms with van der Waals surface area (Å²) in [4.78, 5) is 37.2. The lowest BCUT2D eigenvalue weighted by atomic mass is 9.99. The molecular formula is C14H14Cl2N2O3. The molecular weight excluding hydrogens is 315 g/mol. The molecule has 1 saturated heterocycles. The minimum absolute atomic E-state index is 0.192. The molecule has 3 amide bonds. The fourth-order valence-corrected chi connectivity index (χ4v) is 2.59. The molecule has 7 heteroatoms. The number of imide groups is 1. The molecule has 1 aliphatic heterocycles. The van der Waals surface area contributed by atoms with Crippen LogP contribution < -0.4 is 5.32 Å². The molecule has 0 bridgehead atoms. The Labute approximate surface area is 132 Å². The van der Waals surface area contributed by atoms with E-state index in [1.807, 2.05) is 0 Å². The number of nitrogens with zero attached hydrogens (tertiary/aromatic N) is 1. The maximum atomic E-state index is 12.2. The van der Waals surface area contributed by atoms with Gasteiger partial charge in [0.05, 0.1) is 11.6 Å². The second-order valence-corrected chi connectivity index (χ2v) is 5.90. The quantitative estimate of drug-likeness (QED) is 0.682. The van der Waals surface area contributed by atoms with E-state index in [-0.39, 0.29) is 17.1 Å². The fraction of sp³-hybridized carbons (Fsp3) is 0.357. The van der Waals surface area contributed by atoms with Crippen molar-refractivity contribution in [2.45, 2.75) is 25.8 Å². The summed E-state index contributed by atoms with van der Waals surface area (Å²) in [5.41, 5.74) is -0.729. The van der Waals surface area contributed by atoms with E-state index >= 15 is 0 Å². The molecule has 112 valence electrons. The van der Waals surface area contributed by atoms with Crippen molar-refractivity contribution in [2.24, 2.45) is 0 Å². The van der Waals surface area contributed by atoms with Gasteiger partial charge in [-0.3, -0.25) is 14.5 Å². The Kier molecular flexibility index (Phi) is 4.25. The van der Waals surface area contributed by atoms with E-state index in [1.54, 1.807) is 13.8 Å². The van der Waals surface area contributed by atoms with Gasteiger partial charge in [-0.25, -0.2) is 4.79 Å². The Morgan fingerprint density at radius 3 is 2.52 bits per heavy atom. The number of amides is 3. The average Bonchev–Trinajstić information content (AvgIpc) is 2.63. The van der Waals surface area contributed by atoms with Crippen LogP contribution in [0.15, 0.2) is 18.2 Å². The number of halogens is 2. The van der Waals surface area contributed by atoms with Gasteiger partial charge in [-0.2, -0.15) is 0 Å². The van der Waals surface area contributed by atoms with Crippen molar-refractivity contribution < 1.29 is 14.4 Å². The van der Waals surface area contributed by atoms with Gasteiger partial charge in [0.1, 0.15) is 5.54 Å².